The van der Waals surface area contributed by atoms with Gasteiger partial charge in [-0.15, -0.1) is 0 Å². The lowest BCUT2D eigenvalue weighted by molar-refractivity contribution is 0.247. The van der Waals surface area contributed by atoms with Gasteiger partial charge >= 0.3 is 6.03 Å². The molecule has 232 valence electrons. The van der Waals surface area contributed by atoms with E-state index < -0.39 is 0 Å². The van der Waals surface area contributed by atoms with Crippen LogP contribution in [0.5, 0.6) is 5.75 Å². The van der Waals surface area contributed by atoms with Crippen molar-refractivity contribution in [1.82, 2.24) is 19.7 Å². The maximum absolute atomic E-state index is 12.9. The van der Waals surface area contributed by atoms with Gasteiger partial charge in [0.2, 0.25) is 0 Å². The minimum atomic E-state index is -0.240. The Morgan fingerprint density at radius 2 is 1.80 bits per heavy atom. The fraction of sp³-hybridized carbons (Fsp3) is 0.353. The number of aryl methyl sites for hydroxylation is 1. The zero-order chi connectivity index (χ0) is 32.0. The number of pyridine rings is 1. The predicted molar refractivity (Wildman–Crippen MR) is 172 cm³/mol. The van der Waals surface area contributed by atoms with Crippen molar-refractivity contribution in [3.63, 3.8) is 0 Å². The fourth-order valence-corrected chi connectivity index (χ4v) is 4.96. The molecule has 0 spiro atoms. The van der Waals surface area contributed by atoms with Gasteiger partial charge in [0.15, 0.2) is 0 Å². The maximum atomic E-state index is 12.9. The molecular formula is C34H43N7O3. The monoisotopic (exact) mass is 597 g/mol. The molecule has 1 atom stereocenters. The molecule has 0 radical (unpaired) electrons. The highest BCUT2D eigenvalue weighted by Crippen LogP contribution is 2.30. The molecule has 6 N–H and O–H groups in total. The Balaban J connectivity index is 0.000000285. The highest BCUT2D eigenvalue weighted by Gasteiger charge is 2.24. The minimum absolute atomic E-state index is 0.00671. The molecule has 10 nitrogen and oxygen atoms in total. The van der Waals surface area contributed by atoms with Gasteiger partial charge < -0.3 is 15.5 Å². The van der Waals surface area contributed by atoms with E-state index in [-0.39, 0.29) is 41.2 Å². The number of aliphatic hydroxyl groups is 1. The quantitative estimate of drug-likeness (QED) is 0.123. The van der Waals surface area contributed by atoms with Crippen molar-refractivity contribution in [3.05, 3.63) is 101 Å². The molecule has 1 aliphatic rings. The molecule has 0 fully saturated rings. The van der Waals surface area contributed by atoms with Crippen molar-refractivity contribution in [3.8, 4) is 11.4 Å². The van der Waals surface area contributed by atoms with Crippen LogP contribution in [0, 0.1) is 16.7 Å². The van der Waals surface area contributed by atoms with Crippen LogP contribution in [-0.2, 0) is 18.4 Å². The number of carbonyl (C=O) groups excluding carboxylic acids is 1. The molecule has 2 aromatic carbocycles. The van der Waals surface area contributed by atoms with Gasteiger partial charge in [-0.25, -0.2) is 9.48 Å². The lowest BCUT2D eigenvalue weighted by Crippen LogP contribution is -2.34. The molecule has 2 aromatic heterocycles. The molecule has 10 heteroatoms. The second-order valence-electron chi connectivity index (χ2n) is 12.3. The van der Waals surface area contributed by atoms with Crippen LogP contribution in [0.3, 0.4) is 0 Å². The Kier molecular flexibility index (Phi) is 10.1. The highest BCUT2D eigenvalue weighted by atomic mass is 16.3. The van der Waals surface area contributed by atoms with E-state index in [1.165, 1.54) is 34.0 Å². The number of urea groups is 1. The van der Waals surface area contributed by atoms with Gasteiger partial charge in [0.05, 0.1) is 30.2 Å². The van der Waals surface area contributed by atoms with E-state index in [4.69, 9.17) is 21.0 Å². The molecule has 1 aliphatic carbocycles. The summed E-state index contributed by atoms with van der Waals surface area (Å²) in [5.41, 5.74) is 5.09. The summed E-state index contributed by atoms with van der Waals surface area (Å²) in [6.07, 6.45) is 4.43. The van der Waals surface area contributed by atoms with E-state index in [1.54, 1.807) is 4.68 Å². The van der Waals surface area contributed by atoms with Crippen LogP contribution in [0.25, 0.3) is 5.69 Å². The SMILES string of the molecule is CC(C)(C)c1cc(NC(=O)N[C@H]2CCCc3ccccc32)n(-c2ccc(CO)cc2)n1.CC(C)C(=N)n1cc(O)ccc1=N. The van der Waals surface area contributed by atoms with Crippen LogP contribution in [-0.4, -0.2) is 36.4 Å². The number of aliphatic hydroxyl groups excluding tert-OH is 1. The Hall–Kier alpha value is -4.70. The summed E-state index contributed by atoms with van der Waals surface area (Å²) >= 11 is 0. The van der Waals surface area contributed by atoms with E-state index in [9.17, 15) is 9.90 Å². The number of benzene rings is 2. The first-order valence-electron chi connectivity index (χ1n) is 14.9. The van der Waals surface area contributed by atoms with E-state index >= 15 is 0 Å². The molecule has 4 aromatic rings. The zero-order valence-electron chi connectivity index (χ0n) is 26.1. The van der Waals surface area contributed by atoms with Crippen molar-refractivity contribution in [2.24, 2.45) is 5.92 Å². The third kappa shape index (κ3) is 7.82. The Labute approximate surface area is 258 Å². The first-order valence-corrected chi connectivity index (χ1v) is 14.9. The van der Waals surface area contributed by atoms with Crippen LogP contribution in [0.15, 0.2) is 72.9 Å². The largest absolute Gasteiger partial charge is 0.506 e. The molecular weight excluding hydrogens is 554 g/mol. The van der Waals surface area contributed by atoms with Crippen LogP contribution in [0.2, 0.25) is 0 Å². The third-order valence-corrected chi connectivity index (χ3v) is 7.50. The molecule has 2 amide bonds. The molecule has 2 heterocycles. The maximum Gasteiger partial charge on any atom is 0.320 e. The van der Waals surface area contributed by atoms with Gasteiger partial charge in [0, 0.05) is 17.4 Å². The average molecular weight is 598 g/mol. The van der Waals surface area contributed by atoms with E-state index in [1.807, 2.05) is 50.2 Å². The third-order valence-electron chi connectivity index (χ3n) is 7.50. The molecule has 5 rings (SSSR count). The summed E-state index contributed by atoms with van der Waals surface area (Å²) in [5, 5.41) is 44.6. The van der Waals surface area contributed by atoms with Gasteiger partial charge in [-0.3, -0.25) is 20.7 Å². The number of amides is 2. The van der Waals surface area contributed by atoms with E-state index in [0.717, 1.165) is 36.2 Å². The standard InChI is InChI=1S/C25H30N4O2.C9H13N3O/c1-25(2,3)22-15-23(29(28-22)19-13-11-17(16-30)12-14-19)27-24(31)26-21-10-6-8-18-7-4-5-9-20(18)21;1-6(2)9(11)12-5-7(13)3-4-8(12)10/h4-5,7,9,11-15,21,30H,6,8,10,16H2,1-3H3,(H2,26,27,31);3-6,10-11,13H,1-2H3/t21-;/m0./s1. The van der Waals surface area contributed by atoms with Crippen LogP contribution >= 0.6 is 0 Å². The van der Waals surface area contributed by atoms with Crippen LogP contribution in [0.4, 0.5) is 10.6 Å². The first-order chi connectivity index (χ1) is 20.9. The lowest BCUT2D eigenvalue weighted by atomic mass is 9.88. The number of anilines is 1. The summed E-state index contributed by atoms with van der Waals surface area (Å²) < 4.78 is 3.11. The average Bonchev–Trinajstić information content (AvgIpc) is 3.43. The number of nitrogens with zero attached hydrogens (tertiary/aromatic N) is 3. The Morgan fingerprint density at radius 3 is 2.45 bits per heavy atom. The number of carbonyl (C=O) groups is 1. The van der Waals surface area contributed by atoms with Crippen molar-refractivity contribution in [1.29, 1.82) is 10.8 Å². The summed E-state index contributed by atoms with van der Waals surface area (Å²) in [7, 11) is 0. The summed E-state index contributed by atoms with van der Waals surface area (Å²) in [4.78, 5) is 12.9. The predicted octanol–water partition coefficient (Wildman–Crippen LogP) is 6.02. The number of aromatic nitrogens is 3. The van der Waals surface area contributed by atoms with E-state index in [0.29, 0.717) is 11.7 Å². The van der Waals surface area contributed by atoms with Crippen molar-refractivity contribution in [2.45, 2.75) is 71.9 Å². The molecule has 0 bridgehead atoms. The number of hydrogen-bond donors (Lipinski definition) is 6. The Morgan fingerprint density at radius 1 is 1.09 bits per heavy atom. The summed E-state index contributed by atoms with van der Waals surface area (Å²) in [6, 6.07) is 20.4. The lowest BCUT2D eigenvalue weighted by Gasteiger charge is -2.26. The van der Waals surface area contributed by atoms with Crippen molar-refractivity contribution < 1.29 is 15.0 Å². The number of fused-ring (bicyclic) bond motifs is 1. The topological polar surface area (TPSA) is 152 Å². The number of rotatable bonds is 5. The first kappa shape index (κ1) is 32.2. The smallest absolute Gasteiger partial charge is 0.320 e. The van der Waals surface area contributed by atoms with Gasteiger partial charge in [0.25, 0.3) is 0 Å². The zero-order valence-corrected chi connectivity index (χ0v) is 26.1. The number of aromatic hydroxyl groups is 1. The van der Waals surface area contributed by atoms with Gasteiger partial charge in [-0.1, -0.05) is 71.0 Å². The van der Waals surface area contributed by atoms with E-state index in [2.05, 4.69) is 49.6 Å². The summed E-state index contributed by atoms with van der Waals surface area (Å²) in [6.45, 7) is 10.0. The number of hydrogen-bond acceptors (Lipinski definition) is 6. The molecule has 0 unspecified atom stereocenters. The summed E-state index contributed by atoms with van der Waals surface area (Å²) in [5.74, 6) is 1.03. The van der Waals surface area contributed by atoms with Gasteiger partial charge in [-0.05, 0) is 60.2 Å². The molecule has 0 saturated heterocycles. The second-order valence-corrected chi connectivity index (χ2v) is 12.3. The molecule has 0 aliphatic heterocycles. The van der Waals surface area contributed by atoms with Crippen LogP contribution in [0.1, 0.15) is 75.9 Å². The fourth-order valence-electron chi connectivity index (χ4n) is 4.96. The van der Waals surface area contributed by atoms with Crippen molar-refractivity contribution >= 4 is 17.7 Å². The highest BCUT2D eigenvalue weighted by molar-refractivity contribution is 5.89. The van der Waals surface area contributed by atoms with Gasteiger partial charge in [0.1, 0.15) is 22.9 Å². The Bertz CT molecular complexity index is 1660. The molecule has 44 heavy (non-hydrogen) atoms. The molecule has 0 saturated carbocycles. The minimum Gasteiger partial charge on any atom is -0.506 e. The van der Waals surface area contributed by atoms with Crippen molar-refractivity contribution in [2.75, 3.05) is 5.32 Å². The van der Waals surface area contributed by atoms with Crippen LogP contribution < -0.4 is 16.1 Å². The van der Waals surface area contributed by atoms with Gasteiger partial charge in [-0.2, -0.15) is 5.10 Å². The second kappa shape index (κ2) is 13.7. The normalized spacial score (nSPS) is 14.3. The number of nitrogens with one attached hydrogen (secondary N) is 4.